The lowest BCUT2D eigenvalue weighted by atomic mass is 10.1. The van der Waals surface area contributed by atoms with Crippen LogP contribution in [0.1, 0.15) is 30.0 Å². The number of amides is 1. The van der Waals surface area contributed by atoms with E-state index < -0.39 is 0 Å². The summed E-state index contributed by atoms with van der Waals surface area (Å²) < 4.78 is 10.8. The molecule has 1 amide bonds. The van der Waals surface area contributed by atoms with E-state index in [4.69, 9.17) is 9.26 Å². The zero-order valence-corrected chi connectivity index (χ0v) is 13.0. The highest BCUT2D eigenvalue weighted by Crippen LogP contribution is 2.21. The van der Waals surface area contributed by atoms with Crippen molar-refractivity contribution >= 4 is 5.91 Å². The molecule has 1 fully saturated rings. The minimum Gasteiger partial charge on any atom is -0.372 e. The Morgan fingerprint density at radius 2 is 2.00 bits per heavy atom. The fourth-order valence-corrected chi connectivity index (χ4v) is 2.54. The van der Waals surface area contributed by atoms with Crippen molar-refractivity contribution in [3.05, 3.63) is 35.7 Å². The van der Waals surface area contributed by atoms with Crippen molar-refractivity contribution in [1.29, 1.82) is 0 Å². The molecule has 22 heavy (non-hydrogen) atoms. The maximum absolute atomic E-state index is 12.6. The van der Waals surface area contributed by atoms with Crippen molar-refractivity contribution in [2.24, 2.45) is 0 Å². The Labute approximate surface area is 129 Å². The van der Waals surface area contributed by atoms with Crippen LogP contribution in [-0.2, 0) is 4.74 Å². The number of morpholine rings is 1. The molecule has 2 aromatic rings. The largest absolute Gasteiger partial charge is 0.372 e. The zero-order valence-electron chi connectivity index (χ0n) is 13.0. The Morgan fingerprint density at radius 3 is 2.59 bits per heavy atom. The van der Waals surface area contributed by atoms with Gasteiger partial charge in [-0.3, -0.25) is 4.79 Å². The van der Waals surface area contributed by atoms with Crippen LogP contribution >= 0.6 is 0 Å². The molecule has 1 aliphatic rings. The number of ether oxygens (including phenoxy) is 1. The lowest BCUT2D eigenvalue weighted by molar-refractivity contribution is -0.0764. The van der Waals surface area contributed by atoms with Crippen molar-refractivity contribution in [1.82, 2.24) is 15.0 Å². The quantitative estimate of drug-likeness (QED) is 0.851. The summed E-state index contributed by atoms with van der Waals surface area (Å²) in [6.45, 7) is 7.54. The van der Waals surface area contributed by atoms with E-state index >= 15 is 0 Å². The van der Waals surface area contributed by atoms with E-state index in [-0.39, 0.29) is 11.5 Å². The van der Waals surface area contributed by atoms with Crippen molar-refractivity contribution in [2.45, 2.75) is 26.4 Å². The predicted molar refractivity (Wildman–Crippen MR) is 80.4 cm³/mol. The number of aryl methyl sites for hydroxylation is 1. The molecule has 1 aliphatic heterocycles. The summed E-state index contributed by atoms with van der Waals surface area (Å²) >= 11 is 0. The highest BCUT2D eigenvalue weighted by atomic mass is 16.5. The van der Waals surface area contributed by atoms with Crippen LogP contribution in [0.2, 0.25) is 0 Å². The molecule has 116 valence electrons. The fraction of sp³-hybridized carbons (Fsp3) is 0.438. The van der Waals surface area contributed by atoms with E-state index in [9.17, 15) is 4.79 Å². The molecule has 0 N–H and O–H groups in total. The molecule has 2 heterocycles. The van der Waals surface area contributed by atoms with E-state index in [0.29, 0.717) is 37.0 Å². The molecular formula is C16H19N3O3. The Balaban J connectivity index is 1.76. The average molecular weight is 301 g/mol. The Hall–Kier alpha value is -2.21. The second-order valence-electron chi connectivity index (χ2n) is 6.06. The average Bonchev–Trinajstić information content (AvgIpc) is 2.92. The summed E-state index contributed by atoms with van der Waals surface area (Å²) in [4.78, 5) is 18.6. The molecule has 1 aromatic carbocycles. The first-order valence-corrected chi connectivity index (χ1v) is 7.29. The topological polar surface area (TPSA) is 68.5 Å². The first kappa shape index (κ1) is 14.7. The van der Waals surface area contributed by atoms with Gasteiger partial charge in [-0.2, -0.15) is 4.98 Å². The normalized spacial score (nSPS) is 17.5. The molecule has 0 radical (unpaired) electrons. The Kier molecular flexibility index (Phi) is 3.70. The third kappa shape index (κ3) is 3.01. The third-order valence-electron chi connectivity index (χ3n) is 3.62. The van der Waals surface area contributed by atoms with E-state index in [1.54, 1.807) is 19.1 Å². The van der Waals surface area contributed by atoms with Gasteiger partial charge in [-0.25, -0.2) is 0 Å². The molecule has 0 spiro atoms. The summed E-state index contributed by atoms with van der Waals surface area (Å²) in [5.41, 5.74) is 1.16. The van der Waals surface area contributed by atoms with Gasteiger partial charge in [0.2, 0.25) is 0 Å². The van der Waals surface area contributed by atoms with Crippen LogP contribution in [0.3, 0.4) is 0 Å². The number of rotatable bonds is 2. The summed E-state index contributed by atoms with van der Waals surface area (Å²) in [7, 11) is 0. The third-order valence-corrected chi connectivity index (χ3v) is 3.62. The zero-order chi connectivity index (χ0) is 15.7. The first-order valence-electron chi connectivity index (χ1n) is 7.29. The summed E-state index contributed by atoms with van der Waals surface area (Å²) in [6.07, 6.45) is 0. The van der Waals surface area contributed by atoms with Gasteiger partial charge in [0.25, 0.3) is 11.8 Å². The highest BCUT2D eigenvalue weighted by molar-refractivity contribution is 5.94. The van der Waals surface area contributed by atoms with Gasteiger partial charge in [0.1, 0.15) is 0 Å². The van der Waals surface area contributed by atoms with Gasteiger partial charge in [0.15, 0.2) is 5.82 Å². The van der Waals surface area contributed by atoms with Crippen LogP contribution < -0.4 is 0 Å². The van der Waals surface area contributed by atoms with Crippen LogP contribution in [0, 0.1) is 6.92 Å². The highest BCUT2D eigenvalue weighted by Gasteiger charge is 2.30. The minimum atomic E-state index is -0.296. The SMILES string of the molecule is Cc1noc(-c2ccc(C(=O)N3CCOC(C)(C)C3)cc2)n1. The van der Waals surface area contributed by atoms with Gasteiger partial charge < -0.3 is 14.2 Å². The van der Waals surface area contributed by atoms with Gasteiger partial charge in [-0.1, -0.05) is 5.16 Å². The number of aromatic nitrogens is 2. The number of carbonyl (C=O) groups is 1. The number of hydrogen-bond donors (Lipinski definition) is 0. The summed E-state index contributed by atoms with van der Waals surface area (Å²) in [6, 6.07) is 7.23. The standard InChI is InChI=1S/C16H19N3O3/c1-11-17-14(22-18-11)12-4-6-13(7-5-12)15(20)19-8-9-21-16(2,3)10-19/h4-7H,8-10H2,1-3H3. The summed E-state index contributed by atoms with van der Waals surface area (Å²) in [5.74, 6) is 1.07. The molecule has 3 rings (SSSR count). The molecule has 0 bridgehead atoms. The number of hydrogen-bond acceptors (Lipinski definition) is 5. The van der Waals surface area contributed by atoms with Crippen molar-refractivity contribution in [2.75, 3.05) is 19.7 Å². The smallest absolute Gasteiger partial charge is 0.257 e. The lowest BCUT2D eigenvalue weighted by Crippen LogP contribution is -2.50. The molecule has 0 saturated carbocycles. The predicted octanol–water partition coefficient (Wildman–Crippen LogP) is 2.30. The number of nitrogens with zero attached hydrogens (tertiary/aromatic N) is 3. The molecule has 1 aromatic heterocycles. The van der Waals surface area contributed by atoms with Crippen molar-refractivity contribution in [3.63, 3.8) is 0 Å². The molecular weight excluding hydrogens is 282 g/mol. The second kappa shape index (κ2) is 5.53. The van der Waals surface area contributed by atoms with Crippen molar-refractivity contribution < 1.29 is 14.1 Å². The Morgan fingerprint density at radius 1 is 1.27 bits per heavy atom. The molecule has 6 nitrogen and oxygen atoms in total. The van der Waals surface area contributed by atoms with E-state index in [0.717, 1.165) is 5.56 Å². The van der Waals surface area contributed by atoms with E-state index in [1.807, 2.05) is 30.9 Å². The van der Waals surface area contributed by atoms with Crippen LogP contribution in [-0.4, -0.2) is 46.2 Å². The van der Waals surface area contributed by atoms with E-state index in [1.165, 1.54) is 0 Å². The molecule has 0 atom stereocenters. The maximum Gasteiger partial charge on any atom is 0.257 e. The second-order valence-corrected chi connectivity index (χ2v) is 6.06. The van der Waals surface area contributed by atoms with Gasteiger partial charge in [0, 0.05) is 24.2 Å². The molecule has 1 saturated heterocycles. The minimum absolute atomic E-state index is 0.0182. The van der Waals surface area contributed by atoms with Gasteiger partial charge in [-0.05, 0) is 45.0 Å². The van der Waals surface area contributed by atoms with Crippen LogP contribution in [0.4, 0.5) is 0 Å². The van der Waals surface area contributed by atoms with Crippen molar-refractivity contribution in [3.8, 4) is 11.5 Å². The fourth-order valence-electron chi connectivity index (χ4n) is 2.54. The van der Waals surface area contributed by atoms with Crippen LogP contribution in [0.15, 0.2) is 28.8 Å². The molecule has 0 aliphatic carbocycles. The maximum atomic E-state index is 12.6. The lowest BCUT2D eigenvalue weighted by Gasteiger charge is -2.38. The number of carbonyl (C=O) groups excluding carboxylic acids is 1. The van der Waals surface area contributed by atoms with Gasteiger partial charge in [0.05, 0.1) is 12.2 Å². The Bertz CT molecular complexity index is 676. The van der Waals surface area contributed by atoms with Crippen LogP contribution in [0.5, 0.6) is 0 Å². The van der Waals surface area contributed by atoms with E-state index in [2.05, 4.69) is 10.1 Å². The first-order chi connectivity index (χ1) is 10.4. The number of benzene rings is 1. The molecule has 0 unspecified atom stereocenters. The van der Waals surface area contributed by atoms with Gasteiger partial charge >= 0.3 is 0 Å². The summed E-state index contributed by atoms with van der Waals surface area (Å²) in [5, 5.41) is 3.76. The monoisotopic (exact) mass is 301 g/mol. The van der Waals surface area contributed by atoms with Gasteiger partial charge in [-0.15, -0.1) is 0 Å². The molecule has 6 heteroatoms. The van der Waals surface area contributed by atoms with Crippen LogP contribution in [0.25, 0.3) is 11.5 Å².